The van der Waals surface area contributed by atoms with E-state index in [2.05, 4.69) is 28.9 Å². The molecule has 1 heterocycles. The number of nitrogen functional groups attached to an aromatic ring is 1. The van der Waals surface area contributed by atoms with Crippen molar-refractivity contribution in [1.82, 2.24) is 9.80 Å². The second kappa shape index (κ2) is 5.32. The van der Waals surface area contributed by atoms with Crippen molar-refractivity contribution in [1.29, 1.82) is 0 Å². The highest BCUT2D eigenvalue weighted by Crippen LogP contribution is 2.10. The molecule has 1 aliphatic rings. The summed E-state index contributed by atoms with van der Waals surface area (Å²) in [5.74, 6) is 0. The van der Waals surface area contributed by atoms with Crippen LogP contribution in [0, 0.1) is 0 Å². The van der Waals surface area contributed by atoms with Crippen LogP contribution in [0.2, 0.25) is 0 Å². The molecular formula is C13H21N3. The van der Waals surface area contributed by atoms with Crippen LogP contribution in [0.1, 0.15) is 12.5 Å². The Balaban J connectivity index is 1.84. The number of hydrogen-bond acceptors (Lipinski definition) is 3. The highest BCUT2D eigenvalue weighted by molar-refractivity contribution is 5.39. The zero-order chi connectivity index (χ0) is 11.4. The van der Waals surface area contributed by atoms with E-state index in [-0.39, 0.29) is 0 Å². The molecule has 1 aromatic carbocycles. The Bertz CT molecular complexity index is 312. The first-order valence-electron chi connectivity index (χ1n) is 6.07. The number of rotatable bonds is 3. The summed E-state index contributed by atoms with van der Waals surface area (Å²) >= 11 is 0. The second-order valence-corrected chi connectivity index (χ2v) is 4.45. The van der Waals surface area contributed by atoms with E-state index in [1.807, 2.05) is 12.1 Å². The van der Waals surface area contributed by atoms with Crippen molar-refractivity contribution < 1.29 is 0 Å². The lowest BCUT2D eigenvalue weighted by molar-refractivity contribution is 0.132. The predicted octanol–water partition coefficient (Wildman–Crippen LogP) is 1.41. The molecule has 0 aliphatic carbocycles. The number of nitrogens with two attached hydrogens (primary N) is 1. The Morgan fingerprint density at radius 2 is 1.56 bits per heavy atom. The molecule has 0 aromatic heterocycles. The Hall–Kier alpha value is -1.06. The molecule has 1 fully saturated rings. The van der Waals surface area contributed by atoms with Crippen molar-refractivity contribution in [2.75, 3.05) is 38.5 Å². The van der Waals surface area contributed by atoms with Gasteiger partial charge in [0.25, 0.3) is 0 Å². The van der Waals surface area contributed by atoms with E-state index in [9.17, 15) is 0 Å². The molecule has 0 saturated carbocycles. The zero-order valence-corrected chi connectivity index (χ0v) is 10.0. The Labute approximate surface area is 97.8 Å². The maximum Gasteiger partial charge on any atom is 0.0314 e. The van der Waals surface area contributed by atoms with Gasteiger partial charge in [0.2, 0.25) is 0 Å². The molecule has 3 heteroatoms. The van der Waals surface area contributed by atoms with Crippen molar-refractivity contribution in [3.63, 3.8) is 0 Å². The van der Waals surface area contributed by atoms with E-state index in [4.69, 9.17) is 5.73 Å². The lowest BCUT2D eigenvalue weighted by Crippen LogP contribution is -2.45. The number of benzene rings is 1. The van der Waals surface area contributed by atoms with E-state index >= 15 is 0 Å². The third-order valence-electron chi connectivity index (χ3n) is 3.30. The molecule has 0 bridgehead atoms. The van der Waals surface area contributed by atoms with Gasteiger partial charge in [-0.3, -0.25) is 4.90 Å². The fourth-order valence-electron chi connectivity index (χ4n) is 2.14. The van der Waals surface area contributed by atoms with Crippen LogP contribution in [0.4, 0.5) is 5.69 Å². The van der Waals surface area contributed by atoms with Gasteiger partial charge in [-0.15, -0.1) is 0 Å². The Kier molecular flexibility index (Phi) is 3.80. The fourth-order valence-corrected chi connectivity index (χ4v) is 2.14. The molecular weight excluding hydrogens is 198 g/mol. The monoisotopic (exact) mass is 219 g/mol. The van der Waals surface area contributed by atoms with Crippen molar-refractivity contribution in [3.05, 3.63) is 29.8 Å². The zero-order valence-electron chi connectivity index (χ0n) is 10.0. The number of likely N-dealkylation sites (N-methyl/N-ethyl adjacent to an activating group) is 1. The summed E-state index contributed by atoms with van der Waals surface area (Å²) in [5.41, 5.74) is 7.88. The molecule has 1 aromatic rings. The van der Waals surface area contributed by atoms with Crippen LogP contribution in [0.15, 0.2) is 24.3 Å². The van der Waals surface area contributed by atoms with Crippen LogP contribution >= 0.6 is 0 Å². The average Bonchev–Trinajstić information content (AvgIpc) is 2.33. The van der Waals surface area contributed by atoms with E-state index in [1.54, 1.807) is 0 Å². The first kappa shape index (κ1) is 11.4. The number of hydrogen-bond donors (Lipinski definition) is 1. The first-order valence-corrected chi connectivity index (χ1v) is 6.07. The molecule has 0 amide bonds. The molecule has 0 spiro atoms. The van der Waals surface area contributed by atoms with Gasteiger partial charge >= 0.3 is 0 Å². The third-order valence-corrected chi connectivity index (χ3v) is 3.30. The quantitative estimate of drug-likeness (QED) is 0.780. The molecule has 3 nitrogen and oxygen atoms in total. The van der Waals surface area contributed by atoms with Gasteiger partial charge in [-0.2, -0.15) is 0 Å². The van der Waals surface area contributed by atoms with Crippen LogP contribution in [0.5, 0.6) is 0 Å². The highest BCUT2D eigenvalue weighted by atomic mass is 15.3. The SMILES string of the molecule is CCN1CCN(Cc2ccc(N)cc2)CC1. The number of anilines is 1. The lowest BCUT2D eigenvalue weighted by atomic mass is 10.2. The summed E-state index contributed by atoms with van der Waals surface area (Å²) in [6.45, 7) is 9.22. The van der Waals surface area contributed by atoms with Gasteiger partial charge in [-0.1, -0.05) is 19.1 Å². The van der Waals surface area contributed by atoms with Crippen molar-refractivity contribution in [2.24, 2.45) is 0 Å². The highest BCUT2D eigenvalue weighted by Gasteiger charge is 2.15. The molecule has 2 rings (SSSR count). The summed E-state index contributed by atoms with van der Waals surface area (Å²) in [5, 5.41) is 0. The molecule has 0 radical (unpaired) electrons. The Morgan fingerprint density at radius 3 is 2.12 bits per heavy atom. The van der Waals surface area contributed by atoms with Gasteiger partial charge < -0.3 is 10.6 Å². The van der Waals surface area contributed by atoms with Crippen LogP contribution < -0.4 is 5.73 Å². The molecule has 1 saturated heterocycles. The molecule has 16 heavy (non-hydrogen) atoms. The van der Waals surface area contributed by atoms with E-state index in [0.717, 1.165) is 12.2 Å². The van der Waals surface area contributed by atoms with E-state index < -0.39 is 0 Å². The van der Waals surface area contributed by atoms with Crippen molar-refractivity contribution >= 4 is 5.69 Å². The largest absolute Gasteiger partial charge is 0.399 e. The van der Waals surface area contributed by atoms with Crippen LogP contribution in [-0.2, 0) is 6.54 Å². The fraction of sp³-hybridized carbons (Fsp3) is 0.538. The van der Waals surface area contributed by atoms with Gasteiger partial charge in [-0.05, 0) is 24.2 Å². The summed E-state index contributed by atoms with van der Waals surface area (Å²) in [6.07, 6.45) is 0. The minimum Gasteiger partial charge on any atom is -0.399 e. The average molecular weight is 219 g/mol. The molecule has 0 unspecified atom stereocenters. The topological polar surface area (TPSA) is 32.5 Å². The molecule has 1 aliphatic heterocycles. The number of nitrogens with zero attached hydrogens (tertiary/aromatic N) is 2. The van der Waals surface area contributed by atoms with Gasteiger partial charge in [0.15, 0.2) is 0 Å². The van der Waals surface area contributed by atoms with E-state index in [1.165, 1.54) is 38.3 Å². The van der Waals surface area contributed by atoms with Crippen LogP contribution in [0.25, 0.3) is 0 Å². The van der Waals surface area contributed by atoms with Crippen LogP contribution in [-0.4, -0.2) is 42.5 Å². The predicted molar refractivity (Wildman–Crippen MR) is 68.2 cm³/mol. The maximum absolute atomic E-state index is 5.68. The van der Waals surface area contributed by atoms with Gasteiger partial charge in [-0.25, -0.2) is 0 Å². The lowest BCUT2D eigenvalue weighted by Gasteiger charge is -2.34. The summed E-state index contributed by atoms with van der Waals surface area (Å²) in [4.78, 5) is 5.01. The standard InChI is InChI=1S/C13H21N3/c1-2-15-7-9-16(10-8-15)11-12-3-5-13(14)6-4-12/h3-6H,2,7-11,14H2,1H3. The third kappa shape index (κ3) is 2.97. The normalized spacial score (nSPS) is 18.8. The minimum atomic E-state index is 0.847. The molecule has 0 atom stereocenters. The summed E-state index contributed by atoms with van der Waals surface area (Å²) in [6, 6.07) is 8.22. The first-order chi connectivity index (χ1) is 7.78. The van der Waals surface area contributed by atoms with Crippen LogP contribution in [0.3, 0.4) is 0 Å². The van der Waals surface area contributed by atoms with Gasteiger partial charge in [0.1, 0.15) is 0 Å². The smallest absolute Gasteiger partial charge is 0.0314 e. The second-order valence-electron chi connectivity index (χ2n) is 4.45. The van der Waals surface area contributed by atoms with Crippen molar-refractivity contribution in [2.45, 2.75) is 13.5 Å². The molecule has 2 N–H and O–H groups in total. The summed E-state index contributed by atoms with van der Waals surface area (Å²) in [7, 11) is 0. The molecule has 88 valence electrons. The van der Waals surface area contributed by atoms with Crippen molar-refractivity contribution in [3.8, 4) is 0 Å². The van der Waals surface area contributed by atoms with E-state index in [0.29, 0.717) is 0 Å². The summed E-state index contributed by atoms with van der Waals surface area (Å²) < 4.78 is 0. The maximum atomic E-state index is 5.68. The Morgan fingerprint density at radius 1 is 1.00 bits per heavy atom. The van der Waals surface area contributed by atoms with Gasteiger partial charge in [0, 0.05) is 38.4 Å². The minimum absolute atomic E-state index is 0.847. The number of piperazine rings is 1. The van der Waals surface area contributed by atoms with Gasteiger partial charge in [0.05, 0.1) is 0 Å².